The Hall–Kier alpha value is -1.30. The van der Waals surface area contributed by atoms with Gasteiger partial charge in [0.2, 0.25) is 5.84 Å². The van der Waals surface area contributed by atoms with Gasteiger partial charge in [0.05, 0.1) is 6.61 Å². The van der Waals surface area contributed by atoms with Gasteiger partial charge >= 0.3 is 5.97 Å². The molecule has 0 aliphatic heterocycles. The summed E-state index contributed by atoms with van der Waals surface area (Å²) in [7, 11) is 0. The van der Waals surface area contributed by atoms with Crippen molar-refractivity contribution in [3.63, 3.8) is 0 Å². The monoisotopic (exact) mass is 146 g/mol. The van der Waals surface area contributed by atoms with Gasteiger partial charge in [0.1, 0.15) is 0 Å². The summed E-state index contributed by atoms with van der Waals surface area (Å²) < 4.78 is 4.47. The van der Waals surface area contributed by atoms with Crippen LogP contribution in [-0.2, 0) is 9.53 Å². The average molecular weight is 146 g/mol. The van der Waals surface area contributed by atoms with E-state index in [0.717, 1.165) is 0 Å². The largest absolute Gasteiger partial charge is 0.460 e. The fraction of sp³-hybridized carbons (Fsp3) is 0.500. The molecule has 0 unspecified atom stereocenters. The number of hydrazine groups is 1. The van der Waals surface area contributed by atoms with Crippen molar-refractivity contribution in [3.05, 3.63) is 0 Å². The van der Waals surface area contributed by atoms with Gasteiger partial charge < -0.3 is 10.5 Å². The lowest BCUT2D eigenvalue weighted by Gasteiger charge is -1.98. The number of esters is 1. The molecular weight excluding hydrogens is 136 g/mol. The number of carbonyl (C=O) groups excluding carboxylic acids is 1. The number of ether oxygens (including phenoxy) is 1. The third-order valence-electron chi connectivity index (χ3n) is 0.670. The minimum absolute atomic E-state index is 0.264. The van der Waals surface area contributed by atoms with E-state index in [1.54, 1.807) is 6.92 Å². The van der Waals surface area contributed by atoms with Gasteiger partial charge in [-0.25, -0.2) is 16.2 Å². The van der Waals surface area contributed by atoms with Crippen molar-refractivity contribution in [2.45, 2.75) is 6.92 Å². The number of hydrazone groups is 1. The number of carbonyl (C=O) groups is 1. The summed E-state index contributed by atoms with van der Waals surface area (Å²) in [5, 5.41) is 3.19. The van der Waals surface area contributed by atoms with Crippen molar-refractivity contribution < 1.29 is 9.53 Å². The molecule has 5 N–H and O–H groups in total. The lowest BCUT2D eigenvalue weighted by atomic mass is 10.6. The Morgan fingerprint density at radius 2 is 2.40 bits per heavy atom. The van der Waals surface area contributed by atoms with Crippen LogP contribution >= 0.6 is 0 Å². The molecule has 0 fully saturated rings. The lowest BCUT2D eigenvalue weighted by Crippen LogP contribution is -2.30. The number of amidine groups is 1. The Morgan fingerprint density at radius 1 is 1.80 bits per heavy atom. The Kier molecular flexibility index (Phi) is 3.97. The molecule has 0 atom stereocenters. The highest BCUT2D eigenvalue weighted by Crippen LogP contribution is 1.75. The molecule has 0 aliphatic rings. The fourth-order valence-corrected chi connectivity index (χ4v) is 0.320. The Labute approximate surface area is 58.2 Å². The van der Waals surface area contributed by atoms with Crippen molar-refractivity contribution in [2.24, 2.45) is 16.7 Å². The van der Waals surface area contributed by atoms with Crippen molar-refractivity contribution in [1.82, 2.24) is 5.53 Å². The van der Waals surface area contributed by atoms with Crippen LogP contribution in [0.5, 0.6) is 0 Å². The highest BCUT2D eigenvalue weighted by atomic mass is 16.5. The summed E-state index contributed by atoms with van der Waals surface area (Å²) >= 11 is 0. The van der Waals surface area contributed by atoms with Gasteiger partial charge in [0.25, 0.3) is 0 Å². The number of rotatable bonds is 2. The molecule has 0 aromatic rings. The van der Waals surface area contributed by atoms with Gasteiger partial charge in [0, 0.05) is 0 Å². The Bertz CT molecular complexity index is 144. The molecule has 0 spiro atoms. The fourth-order valence-electron chi connectivity index (χ4n) is 0.320. The van der Waals surface area contributed by atoms with Crippen LogP contribution < -0.4 is 17.1 Å². The molecule has 0 aromatic heterocycles. The predicted molar refractivity (Wildman–Crippen MR) is 35.6 cm³/mol. The van der Waals surface area contributed by atoms with Crippen molar-refractivity contribution >= 4 is 11.8 Å². The summed E-state index contributed by atoms with van der Waals surface area (Å²) in [5.74, 6) is 3.77. The molecule has 0 radical (unpaired) electrons. The number of nitrogens with one attached hydrogen (secondary N) is 1. The van der Waals surface area contributed by atoms with Crippen LogP contribution in [0.1, 0.15) is 6.92 Å². The maximum atomic E-state index is 10.6. The van der Waals surface area contributed by atoms with Gasteiger partial charge in [-0.3, -0.25) is 0 Å². The van der Waals surface area contributed by atoms with E-state index in [0.29, 0.717) is 0 Å². The van der Waals surface area contributed by atoms with Gasteiger partial charge in [-0.2, -0.15) is 0 Å². The molecule has 0 saturated carbocycles. The molecular formula is C4H10N4O2. The van der Waals surface area contributed by atoms with Crippen LogP contribution in [-0.4, -0.2) is 18.4 Å². The van der Waals surface area contributed by atoms with Gasteiger partial charge in [0.15, 0.2) is 0 Å². The van der Waals surface area contributed by atoms with Crippen LogP contribution in [0.15, 0.2) is 5.10 Å². The standard InChI is InChI=1S/C4H10N4O2/c1-2-10-4(9)3(5)7-8-6/h8H,2,6H2,1H3,(H2,5,7). The molecule has 6 heteroatoms. The van der Waals surface area contributed by atoms with Gasteiger partial charge in [-0.15, -0.1) is 5.10 Å². The second-order valence-corrected chi connectivity index (χ2v) is 1.35. The lowest BCUT2D eigenvalue weighted by molar-refractivity contribution is -0.135. The van der Waals surface area contributed by atoms with Crippen LogP contribution in [0.25, 0.3) is 0 Å². The van der Waals surface area contributed by atoms with E-state index in [1.165, 1.54) is 0 Å². The summed E-state index contributed by atoms with van der Waals surface area (Å²) in [6, 6.07) is 0. The first-order valence-electron chi connectivity index (χ1n) is 2.68. The SMILES string of the molecule is CCOC(=O)/C(N)=N/NN. The van der Waals surface area contributed by atoms with E-state index in [1.807, 2.05) is 5.53 Å². The normalized spacial score (nSPS) is 10.8. The van der Waals surface area contributed by atoms with Crippen LogP contribution in [0.2, 0.25) is 0 Å². The molecule has 0 aliphatic carbocycles. The number of nitrogens with zero attached hydrogens (tertiary/aromatic N) is 1. The van der Waals surface area contributed by atoms with Crippen molar-refractivity contribution in [3.8, 4) is 0 Å². The predicted octanol–water partition coefficient (Wildman–Crippen LogP) is -1.71. The molecule has 10 heavy (non-hydrogen) atoms. The first-order valence-corrected chi connectivity index (χ1v) is 2.68. The highest BCUT2D eigenvalue weighted by molar-refractivity contribution is 6.34. The van der Waals surface area contributed by atoms with Gasteiger partial charge in [-0.05, 0) is 6.92 Å². The van der Waals surface area contributed by atoms with E-state index in [9.17, 15) is 4.79 Å². The molecule has 0 bridgehead atoms. The molecule has 0 saturated heterocycles. The first kappa shape index (κ1) is 8.70. The second kappa shape index (κ2) is 4.57. The summed E-state index contributed by atoms with van der Waals surface area (Å²) in [5.41, 5.74) is 6.92. The zero-order valence-electron chi connectivity index (χ0n) is 5.63. The maximum Gasteiger partial charge on any atom is 0.375 e. The van der Waals surface area contributed by atoms with Crippen LogP contribution in [0, 0.1) is 0 Å². The summed E-state index contributed by atoms with van der Waals surface area (Å²) in [4.78, 5) is 10.6. The minimum Gasteiger partial charge on any atom is -0.460 e. The van der Waals surface area contributed by atoms with Crippen molar-refractivity contribution in [1.29, 1.82) is 0 Å². The third kappa shape index (κ3) is 2.88. The molecule has 0 amide bonds. The Balaban J connectivity index is 3.82. The highest BCUT2D eigenvalue weighted by Gasteiger charge is 2.05. The topological polar surface area (TPSA) is 103 Å². The molecule has 6 nitrogen and oxygen atoms in total. The molecule has 58 valence electrons. The van der Waals surface area contributed by atoms with E-state index >= 15 is 0 Å². The summed E-state index contributed by atoms with van der Waals surface area (Å²) in [6.45, 7) is 1.93. The minimum atomic E-state index is -0.680. The number of nitrogens with two attached hydrogens (primary N) is 2. The zero-order chi connectivity index (χ0) is 7.98. The number of hydrogen-bond donors (Lipinski definition) is 3. The van der Waals surface area contributed by atoms with E-state index in [-0.39, 0.29) is 12.4 Å². The average Bonchev–Trinajstić information content (AvgIpc) is 1.89. The van der Waals surface area contributed by atoms with E-state index < -0.39 is 5.97 Å². The Morgan fingerprint density at radius 3 is 2.80 bits per heavy atom. The van der Waals surface area contributed by atoms with Crippen LogP contribution in [0.4, 0.5) is 0 Å². The maximum absolute atomic E-state index is 10.6. The smallest absolute Gasteiger partial charge is 0.375 e. The third-order valence-corrected chi connectivity index (χ3v) is 0.670. The van der Waals surface area contributed by atoms with Gasteiger partial charge in [-0.1, -0.05) is 0 Å². The van der Waals surface area contributed by atoms with E-state index in [4.69, 9.17) is 11.6 Å². The molecule has 0 heterocycles. The summed E-state index contributed by atoms with van der Waals surface area (Å²) in [6.07, 6.45) is 0. The van der Waals surface area contributed by atoms with Crippen molar-refractivity contribution in [2.75, 3.05) is 6.61 Å². The number of hydrogen-bond acceptors (Lipinski definition) is 5. The second-order valence-electron chi connectivity index (χ2n) is 1.35. The van der Waals surface area contributed by atoms with E-state index in [2.05, 4.69) is 9.84 Å². The van der Waals surface area contributed by atoms with Crippen LogP contribution in [0.3, 0.4) is 0 Å². The molecule has 0 rings (SSSR count). The first-order chi connectivity index (χ1) is 4.72. The zero-order valence-corrected chi connectivity index (χ0v) is 5.63. The quantitative estimate of drug-likeness (QED) is 0.141. The molecule has 0 aromatic carbocycles.